The molecule has 0 aliphatic rings. The minimum atomic E-state index is -0.564. The molecule has 4 aromatic carbocycles. The summed E-state index contributed by atoms with van der Waals surface area (Å²) in [6.45, 7) is 18.1. The molecule has 0 aromatic heterocycles. The molecule has 0 saturated heterocycles. The van der Waals surface area contributed by atoms with Crippen molar-refractivity contribution in [3.63, 3.8) is 0 Å². The van der Waals surface area contributed by atoms with Crippen LogP contribution in [0.2, 0.25) is 0 Å². The number of aryl methyl sites for hydroxylation is 1. The van der Waals surface area contributed by atoms with Gasteiger partial charge in [-0.2, -0.15) is 0 Å². The van der Waals surface area contributed by atoms with E-state index in [4.69, 9.17) is 9.47 Å². The molecule has 0 saturated carbocycles. The van der Waals surface area contributed by atoms with Crippen LogP contribution in [-0.2, 0) is 24.7 Å². The normalized spacial score (nSPS) is 11.0. The van der Waals surface area contributed by atoms with E-state index in [9.17, 15) is 9.59 Å². The van der Waals surface area contributed by atoms with Gasteiger partial charge in [-0.25, -0.2) is 9.59 Å². The van der Waals surface area contributed by atoms with E-state index in [-0.39, 0.29) is 16.5 Å². The van der Waals surface area contributed by atoms with Gasteiger partial charge >= 0.3 is 11.9 Å². The number of allylic oxidation sites excluding steroid dienone is 3. The van der Waals surface area contributed by atoms with Crippen LogP contribution in [-0.4, -0.2) is 11.9 Å². The number of para-hydroxylation sites is 1. The molecule has 0 fully saturated rings. The Morgan fingerprint density at radius 1 is 0.651 bits per heavy atom. The van der Waals surface area contributed by atoms with Gasteiger partial charge < -0.3 is 9.47 Å². The lowest BCUT2D eigenvalue weighted by Crippen LogP contribution is -2.21. The van der Waals surface area contributed by atoms with Crippen molar-refractivity contribution in [2.45, 2.75) is 45.4 Å². The van der Waals surface area contributed by atoms with Gasteiger partial charge in [-0.3, -0.25) is 0 Å². The highest BCUT2D eigenvalue weighted by molar-refractivity contribution is 5.97. The second-order valence-corrected chi connectivity index (χ2v) is 11.1. The highest BCUT2D eigenvalue weighted by atomic mass is 16.5. The maximum atomic E-state index is 13.3. The first-order valence-corrected chi connectivity index (χ1v) is 14.4. The molecule has 0 atom stereocenters. The number of carbonyl (C=O) groups is 2. The smallest absolute Gasteiger partial charge is 0.343 e. The van der Waals surface area contributed by atoms with Gasteiger partial charge in [0.05, 0.1) is 11.1 Å². The van der Waals surface area contributed by atoms with Crippen molar-refractivity contribution in [2.75, 3.05) is 0 Å². The van der Waals surface area contributed by atoms with Crippen LogP contribution in [0.25, 0.3) is 0 Å². The minimum absolute atomic E-state index is 0.247. The summed E-state index contributed by atoms with van der Waals surface area (Å²) >= 11 is 0. The summed E-state index contributed by atoms with van der Waals surface area (Å²) in [5, 5.41) is 0. The van der Waals surface area contributed by atoms with Gasteiger partial charge in [0.15, 0.2) is 0 Å². The third-order valence-electron chi connectivity index (χ3n) is 7.52. The van der Waals surface area contributed by atoms with Crippen molar-refractivity contribution in [1.82, 2.24) is 0 Å². The molecule has 218 valence electrons. The Kier molecular flexibility index (Phi) is 9.95. The summed E-state index contributed by atoms with van der Waals surface area (Å²) in [5.74, 6) is -0.214. The number of ether oxygens (including phenoxy) is 2. The topological polar surface area (TPSA) is 52.6 Å². The molecule has 0 radical (unpaired) electrons. The van der Waals surface area contributed by atoms with E-state index < -0.39 is 11.9 Å². The number of benzene rings is 4. The zero-order chi connectivity index (χ0) is 31.0. The summed E-state index contributed by atoms with van der Waals surface area (Å²) in [4.78, 5) is 26.2. The summed E-state index contributed by atoms with van der Waals surface area (Å²) in [6, 6.07) is 26.1. The first kappa shape index (κ1) is 31.0. The van der Waals surface area contributed by atoms with Crippen LogP contribution < -0.4 is 9.47 Å². The fourth-order valence-corrected chi connectivity index (χ4v) is 5.21. The van der Waals surface area contributed by atoms with Crippen LogP contribution in [0.1, 0.15) is 67.9 Å². The lowest BCUT2D eigenvalue weighted by molar-refractivity contribution is 0.0733. The van der Waals surface area contributed by atoms with Gasteiger partial charge in [0.2, 0.25) is 0 Å². The molecule has 0 amide bonds. The van der Waals surface area contributed by atoms with Gasteiger partial charge in [-0.05, 0) is 84.3 Å². The molecule has 0 unspecified atom stereocenters. The SMILES string of the molecule is C=CCc1ccccc1OC(=O)c1cccc(C(=O)Oc2ccc(C(C)(C)c3ccc(C)cc3CC=C)cc2CC=C)c1. The molecule has 0 N–H and O–H groups in total. The number of hydrogen-bond donors (Lipinski definition) is 0. The van der Waals surface area contributed by atoms with Crippen LogP contribution in [0.15, 0.2) is 123 Å². The summed E-state index contributed by atoms with van der Waals surface area (Å²) in [6.07, 6.45) is 7.34. The van der Waals surface area contributed by atoms with E-state index >= 15 is 0 Å². The molecule has 0 heterocycles. The lowest BCUT2D eigenvalue weighted by atomic mass is 9.74. The van der Waals surface area contributed by atoms with Gasteiger partial charge in [-0.1, -0.05) is 92.2 Å². The zero-order valence-corrected chi connectivity index (χ0v) is 25.2. The highest BCUT2D eigenvalue weighted by Crippen LogP contribution is 2.37. The van der Waals surface area contributed by atoms with Crippen molar-refractivity contribution >= 4 is 11.9 Å². The quantitative estimate of drug-likeness (QED) is 0.0969. The predicted octanol–water partition coefficient (Wildman–Crippen LogP) is 8.94. The fourth-order valence-electron chi connectivity index (χ4n) is 5.21. The van der Waals surface area contributed by atoms with Crippen LogP contribution in [0.4, 0.5) is 0 Å². The first-order valence-electron chi connectivity index (χ1n) is 14.4. The van der Waals surface area contributed by atoms with E-state index in [0.717, 1.165) is 23.1 Å². The maximum absolute atomic E-state index is 13.3. The van der Waals surface area contributed by atoms with Crippen molar-refractivity contribution < 1.29 is 19.1 Å². The molecular formula is C39H38O4. The van der Waals surface area contributed by atoms with Crippen LogP contribution in [0.5, 0.6) is 11.5 Å². The molecule has 4 nitrogen and oxygen atoms in total. The minimum Gasteiger partial charge on any atom is -0.423 e. The van der Waals surface area contributed by atoms with Crippen LogP contribution in [0.3, 0.4) is 0 Å². The summed E-state index contributed by atoms with van der Waals surface area (Å²) in [5.41, 5.74) is 6.66. The fraction of sp³-hybridized carbons (Fsp3) is 0.179. The monoisotopic (exact) mass is 570 g/mol. The van der Waals surface area contributed by atoms with Crippen LogP contribution in [0, 0.1) is 6.92 Å². The Hall–Kier alpha value is -4.96. The van der Waals surface area contributed by atoms with E-state index in [0.29, 0.717) is 24.3 Å². The van der Waals surface area contributed by atoms with E-state index in [2.05, 4.69) is 64.8 Å². The van der Waals surface area contributed by atoms with Gasteiger partial charge in [0.1, 0.15) is 11.5 Å². The van der Waals surface area contributed by atoms with Gasteiger partial charge in [0.25, 0.3) is 0 Å². The Morgan fingerprint density at radius 3 is 1.88 bits per heavy atom. The number of hydrogen-bond acceptors (Lipinski definition) is 4. The third kappa shape index (κ3) is 7.28. The van der Waals surface area contributed by atoms with Crippen LogP contribution >= 0.6 is 0 Å². The van der Waals surface area contributed by atoms with Crippen molar-refractivity contribution in [3.8, 4) is 11.5 Å². The molecule has 0 spiro atoms. The first-order chi connectivity index (χ1) is 20.7. The molecule has 4 rings (SSSR count). The highest BCUT2D eigenvalue weighted by Gasteiger charge is 2.27. The molecule has 43 heavy (non-hydrogen) atoms. The Labute approximate surface area is 255 Å². The molecule has 4 aromatic rings. The Bertz CT molecular complexity index is 1670. The summed E-state index contributed by atoms with van der Waals surface area (Å²) < 4.78 is 11.5. The van der Waals surface area contributed by atoms with Gasteiger partial charge in [0, 0.05) is 5.41 Å². The van der Waals surface area contributed by atoms with E-state index in [1.807, 2.05) is 30.3 Å². The van der Waals surface area contributed by atoms with E-state index in [1.165, 1.54) is 22.8 Å². The molecule has 0 aliphatic heterocycles. The summed E-state index contributed by atoms with van der Waals surface area (Å²) in [7, 11) is 0. The third-order valence-corrected chi connectivity index (χ3v) is 7.52. The van der Waals surface area contributed by atoms with E-state index in [1.54, 1.807) is 42.5 Å². The Morgan fingerprint density at radius 2 is 1.23 bits per heavy atom. The van der Waals surface area contributed by atoms with Crippen molar-refractivity contribution in [1.29, 1.82) is 0 Å². The van der Waals surface area contributed by atoms with Gasteiger partial charge in [-0.15, -0.1) is 19.7 Å². The average Bonchev–Trinajstić information content (AvgIpc) is 2.99. The largest absolute Gasteiger partial charge is 0.423 e. The van der Waals surface area contributed by atoms with Crippen molar-refractivity contribution in [3.05, 3.63) is 167 Å². The molecule has 0 aliphatic carbocycles. The maximum Gasteiger partial charge on any atom is 0.343 e. The Balaban J connectivity index is 1.58. The predicted molar refractivity (Wildman–Crippen MR) is 174 cm³/mol. The number of carbonyl (C=O) groups excluding carboxylic acids is 2. The number of esters is 2. The average molecular weight is 571 g/mol. The molecule has 4 heteroatoms. The lowest BCUT2D eigenvalue weighted by Gasteiger charge is -2.29. The second-order valence-electron chi connectivity index (χ2n) is 11.1. The second kappa shape index (κ2) is 13.8. The molecular weight excluding hydrogens is 532 g/mol. The van der Waals surface area contributed by atoms with Crippen molar-refractivity contribution in [2.24, 2.45) is 0 Å². The molecule has 0 bridgehead atoms. The standard InChI is InChI=1S/C39H38O4/c1-7-13-28-16-10-11-19-35(28)42-37(40)31-17-12-18-32(25-31)38(41)43-36-23-21-33(26-30(36)15-9-3)39(5,6)34-22-20-27(4)24-29(34)14-8-2/h7-12,16-26H,1-3,13-15H2,4-6H3. The number of rotatable bonds is 12. The zero-order valence-electron chi connectivity index (χ0n) is 25.2.